The summed E-state index contributed by atoms with van der Waals surface area (Å²) < 4.78 is 20.3. The zero-order valence-corrected chi connectivity index (χ0v) is 14.7. The largest absolute Gasteiger partial charge is 0.468 e. The second-order valence-electron chi connectivity index (χ2n) is 5.35. The molecule has 0 aliphatic heterocycles. The Labute approximate surface area is 152 Å². The first-order valence-corrected chi connectivity index (χ1v) is 8.56. The maximum atomic E-state index is 13.5. The Morgan fingerprint density at radius 1 is 1.23 bits per heavy atom. The summed E-state index contributed by atoms with van der Waals surface area (Å²) >= 11 is 1.13. The Hall–Kier alpha value is -3.06. The van der Waals surface area contributed by atoms with Crippen LogP contribution in [0.4, 0.5) is 4.39 Å². The second-order valence-corrected chi connectivity index (χ2v) is 6.36. The van der Waals surface area contributed by atoms with E-state index in [0.29, 0.717) is 15.0 Å². The smallest absolute Gasteiger partial charge is 0.325 e. The zero-order valence-electron chi connectivity index (χ0n) is 13.9. The number of esters is 1. The van der Waals surface area contributed by atoms with Crippen molar-refractivity contribution < 1.29 is 18.7 Å². The fraction of sp³-hybridized carbons (Fsp3) is 0.105. The molecule has 0 aliphatic rings. The van der Waals surface area contributed by atoms with Gasteiger partial charge in [-0.3, -0.25) is 9.59 Å². The number of halogens is 1. The van der Waals surface area contributed by atoms with Gasteiger partial charge in [-0.25, -0.2) is 4.39 Å². The third kappa shape index (κ3) is 4.12. The number of nitrogens with zero attached hydrogens (tertiary/aromatic N) is 2. The highest BCUT2D eigenvalue weighted by Gasteiger charge is 2.11. The summed E-state index contributed by atoms with van der Waals surface area (Å²) in [7, 11) is 1.28. The van der Waals surface area contributed by atoms with Gasteiger partial charge in [-0.2, -0.15) is 4.99 Å². The molecule has 7 heteroatoms. The van der Waals surface area contributed by atoms with Crippen molar-refractivity contribution in [2.75, 3.05) is 7.11 Å². The molecule has 3 rings (SSSR count). The van der Waals surface area contributed by atoms with E-state index in [1.54, 1.807) is 16.7 Å². The van der Waals surface area contributed by atoms with E-state index in [0.717, 1.165) is 16.9 Å². The van der Waals surface area contributed by atoms with E-state index in [4.69, 9.17) is 4.74 Å². The summed E-state index contributed by atoms with van der Waals surface area (Å²) in [5, 5.41) is 0. The second kappa shape index (κ2) is 7.88. The molecule has 0 aliphatic carbocycles. The zero-order chi connectivity index (χ0) is 18.5. The molecular formula is C19H15FN2O3S. The van der Waals surface area contributed by atoms with Gasteiger partial charge in [0, 0.05) is 6.08 Å². The van der Waals surface area contributed by atoms with Gasteiger partial charge in [-0.15, -0.1) is 0 Å². The molecule has 1 heterocycles. The molecule has 0 saturated carbocycles. The first-order chi connectivity index (χ1) is 12.6. The highest BCUT2D eigenvalue weighted by Crippen LogP contribution is 2.18. The third-order valence-electron chi connectivity index (χ3n) is 3.58. The van der Waals surface area contributed by atoms with Gasteiger partial charge in [0.2, 0.25) is 0 Å². The standard InChI is InChI=1S/C19H15FN2O3S/c1-25-18(24)12-22-15-9-8-14(20)11-16(15)26-19(22)21-17(23)10-7-13-5-3-2-4-6-13/h2-11H,12H2,1H3. The van der Waals surface area contributed by atoms with E-state index in [2.05, 4.69) is 4.99 Å². The quantitative estimate of drug-likeness (QED) is 0.524. The van der Waals surface area contributed by atoms with Crippen molar-refractivity contribution in [1.29, 1.82) is 0 Å². The molecule has 3 aromatic rings. The van der Waals surface area contributed by atoms with Crippen molar-refractivity contribution >= 4 is 39.5 Å². The molecule has 26 heavy (non-hydrogen) atoms. The highest BCUT2D eigenvalue weighted by molar-refractivity contribution is 7.16. The Balaban J connectivity index is 2.00. The summed E-state index contributed by atoms with van der Waals surface area (Å²) in [4.78, 5) is 28.2. The molecule has 0 spiro atoms. The van der Waals surface area contributed by atoms with Crippen LogP contribution in [0.15, 0.2) is 59.6 Å². The van der Waals surface area contributed by atoms with Crippen LogP contribution in [0.2, 0.25) is 0 Å². The number of methoxy groups -OCH3 is 1. The van der Waals surface area contributed by atoms with Crippen LogP contribution in [0, 0.1) is 5.82 Å². The van der Waals surface area contributed by atoms with E-state index in [9.17, 15) is 14.0 Å². The van der Waals surface area contributed by atoms with Crippen LogP contribution in [-0.2, 0) is 20.9 Å². The van der Waals surface area contributed by atoms with Gasteiger partial charge in [0.05, 0.1) is 17.3 Å². The Morgan fingerprint density at radius 3 is 2.73 bits per heavy atom. The van der Waals surface area contributed by atoms with Crippen molar-refractivity contribution in [2.45, 2.75) is 6.54 Å². The molecule has 0 atom stereocenters. The van der Waals surface area contributed by atoms with Crippen LogP contribution >= 0.6 is 11.3 Å². The minimum atomic E-state index is -0.484. The van der Waals surface area contributed by atoms with Crippen LogP contribution in [-0.4, -0.2) is 23.6 Å². The normalized spacial score (nSPS) is 12.0. The lowest BCUT2D eigenvalue weighted by Gasteiger charge is -2.03. The lowest BCUT2D eigenvalue weighted by molar-refractivity contribution is -0.141. The number of carbonyl (C=O) groups excluding carboxylic acids is 2. The van der Waals surface area contributed by atoms with Crippen molar-refractivity contribution in [3.8, 4) is 0 Å². The summed E-state index contributed by atoms with van der Waals surface area (Å²) in [5.41, 5.74) is 1.48. The Morgan fingerprint density at radius 2 is 2.00 bits per heavy atom. The molecule has 0 fully saturated rings. The van der Waals surface area contributed by atoms with Crippen molar-refractivity contribution in [3.63, 3.8) is 0 Å². The number of hydrogen-bond donors (Lipinski definition) is 0. The van der Waals surface area contributed by atoms with Gasteiger partial charge in [-0.1, -0.05) is 41.7 Å². The van der Waals surface area contributed by atoms with Gasteiger partial charge in [0.1, 0.15) is 12.4 Å². The number of benzene rings is 2. The van der Waals surface area contributed by atoms with Crippen LogP contribution in [0.1, 0.15) is 5.56 Å². The monoisotopic (exact) mass is 370 g/mol. The molecule has 0 radical (unpaired) electrons. The molecular weight excluding hydrogens is 355 g/mol. The summed E-state index contributed by atoms with van der Waals surface area (Å²) in [6, 6.07) is 13.5. The number of carbonyl (C=O) groups is 2. The van der Waals surface area contributed by atoms with Gasteiger partial charge >= 0.3 is 5.97 Å². The summed E-state index contributed by atoms with van der Waals surface area (Å²) in [5.74, 6) is -1.35. The average Bonchev–Trinajstić information content (AvgIpc) is 2.96. The SMILES string of the molecule is COC(=O)Cn1c(=NC(=O)C=Cc2ccccc2)sc2cc(F)ccc21. The Kier molecular flexibility index (Phi) is 5.38. The number of amides is 1. The molecule has 1 amide bonds. The highest BCUT2D eigenvalue weighted by atomic mass is 32.1. The number of rotatable bonds is 4. The number of thiazole rings is 1. The van der Waals surface area contributed by atoms with E-state index < -0.39 is 17.7 Å². The molecule has 0 N–H and O–H groups in total. The minimum absolute atomic E-state index is 0.114. The van der Waals surface area contributed by atoms with Crippen LogP contribution in [0.3, 0.4) is 0 Å². The summed E-state index contributed by atoms with van der Waals surface area (Å²) in [6.45, 7) is -0.114. The lowest BCUT2D eigenvalue weighted by atomic mass is 10.2. The van der Waals surface area contributed by atoms with E-state index >= 15 is 0 Å². The third-order valence-corrected chi connectivity index (χ3v) is 4.62. The Bertz CT molecular complexity index is 1050. The van der Waals surface area contributed by atoms with E-state index in [-0.39, 0.29) is 6.54 Å². The average molecular weight is 370 g/mol. The van der Waals surface area contributed by atoms with Crippen molar-refractivity contribution in [2.24, 2.45) is 4.99 Å². The number of aromatic nitrogens is 1. The number of ether oxygens (including phenoxy) is 1. The molecule has 5 nitrogen and oxygen atoms in total. The fourth-order valence-corrected chi connectivity index (χ4v) is 3.40. The predicted octanol–water partition coefficient (Wildman–Crippen LogP) is 3.16. The molecule has 0 bridgehead atoms. The molecule has 2 aromatic carbocycles. The number of fused-ring (bicyclic) bond motifs is 1. The van der Waals surface area contributed by atoms with Crippen molar-refractivity contribution in [3.05, 3.63) is 70.8 Å². The first kappa shape index (κ1) is 17.8. The maximum Gasteiger partial charge on any atom is 0.325 e. The van der Waals surface area contributed by atoms with Crippen molar-refractivity contribution in [1.82, 2.24) is 4.57 Å². The lowest BCUT2D eigenvalue weighted by Crippen LogP contribution is -2.22. The minimum Gasteiger partial charge on any atom is -0.468 e. The van der Waals surface area contributed by atoms with Gasteiger partial charge < -0.3 is 9.30 Å². The van der Waals surface area contributed by atoms with Gasteiger partial charge in [0.25, 0.3) is 5.91 Å². The van der Waals surface area contributed by atoms with Gasteiger partial charge in [-0.05, 0) is 29.8 Å². The maximum absolute atomic E-state index is 13.5. The molecule has 132 valence electrons. The summed E-state index contributed by atoms with van der Waals surface area (Å²) in [6.07, 6.45) is 3.01. The number of hydrogen-bond acceptors (Lipinski definition) is 4. The van der Waals surface area contributed by atoms with E-state index in [1.165, 1.54) is 25.3 Å². The van der Waals surface area contributed by atoms with E-state index in [1.807, 2.05) is 30.3 Å². The molecule has 0 saturated heterocycles. The van der Waals surface area contributed by atoms with Crippen LogP contribution in [0.25, 0.3) is 16.3 Å². The fourth-order valence-electron chi connectivity index (χ4n) is 2.34. The predicted molar refractivity (Wildman–Crippen MR) is 97.8 cm³/mol. The molecule has 1 aromatic heterocycles. The van der Waals surface area contributed by atoms with Gasteiger partial charge in [0.15, 0.2) is 4.80 Å². The molecule has 0 unspecified atom stereocenters. The first-order valence-electron chi connectivity index (χ1n) is 7.74. The van der Waals surface area contributed by atoms with Crippen LogP contribution < -0.4 is 4.80 Å². The topological polar surface area (TPSA) is 60.7 Å². The van der Waals surface area contributed by atoms with Crippen LogP contribution in [0.5, 0.6) is 0 Å².